The second kappa shape index (κ2) is 9.22. The summed E-state index contributed by atoms with van der Waals surface area (Å²) in [7, 11) is 0. The van der Waals surface area contributed by atoms with Crippen molar-refractivity contribution in [2.75, 3.05) is 5.32 Å². The molecular weight excluding hydrogens is 411 g/mol. The van der Waals surface area contributed by atoms with E-state index in [9.17, 15) is 14.3 Å². The lowest BCUT2D eigenvalue weighted by molar-refractivity contribution is 0.0697. The average molecular weight is 430 g/mol. The number of rotatable bonds is 7. The second-order valence-corrected chi connectivity index (χ2v) is 7.02. The van der Waals surface area contributed by atoms with Gasteiger partial charge in [0.2, 0.25) is 0 Å². The smallest absolute Gasteiger partial charge is 0.339 e. The van der Waals surface area contributed by atoms with Crippen molar-refractivity contribution in [3.63, 3.8) is 0 Å². The van der Waals surface area contributed by atoms with Crippen LogP contribution in [0.5, 0.6) is 5.75 Å². The van der Waals surface area contributed by atoms with E-state index in [1.807, 2.05) is 37.3 Å². The highest BCUT2D eigenvalue weighted by molar-refractivity contribution is 5.94. The number of benzene rings is 2. The van der Waals surface area contributed by atoms with Crippen molar-refractivity contribution in [1.82, 2.24) is 15.0 Å². The maximum Gasteiger partial charge on any atom is 0.339 e. The minimum absolute atomic E-state index is 0.0385. The molecule has 8 heteroatoms. The van der Waals surface area contributed by atoms with Gasteiger partial charge in [-0.15, -0.1) is 0 Å². The normalized spacial score (nSPS) is 10.6. The van der Waals surface area contributed by atoms with Crippen LogP contribution >= 0.6 is 0 Å². The Balaban J connectivity index is 1.74. The first kappa shape index (κ1) is 20.9. The molecule has 4 rings (SSSR count). The zero-order valence-corrected chi connectivity index (χ0v) is 17.1. The molecule has 2 aromatic heterocycles. The van der Waals surface area contributed by atoms with E-state index in [4.69, 9.17) is 4.74 Å². The van der Waals surface area contributed by atoms with Crippen LogP contribution < -0.4 is 10.1 Å². The number of pyridine rings is 1. The number of halogens is 1. The van der Waals surface area contributed by atoms with Gasteiger partial charge in [-0.3, -0.25) is 4.98 Å². The summed E-state index contributed by atoms with van der Waals surface area (Å²) in [5.41, 5.74) is 2.25. The fourth-order valence-corrected chi connectivity index (χ4v) is 3.04. The van der Waals surface area contributed by atoms with Gasteiger partial charge in [-0.25, -0.2) is 19.2 Å². The summed E-state index contributed by atoms with van der Waals surface area (Å²) < 4.78 is 20.3. The number of aromatic nitrogens is 3. The number of aromatic carboxylic acids is 1. The van der Waals surface area contributed by atoms with E-state index in [2.05, 4.69) is 20.3 Å². The lowest BCUT2D eigenvalue weighted by atomic mass is 10.1. The van der Waals surface area contributed by atoms with E-state index >= 15 is 0 Å². The molecule has 0 aliphatic heterocycles. The molecule has 0 aliphatic rings. The SMILES string of the molecule is Cc1ccc(F)c(-c2ncc(OCc3ccccc3)c(Nc3ccncc3C(=O)O)n2)c1. The second-order valence-electron chi connectivity index (χ2n) is 7.02. The first-order valence-corrected chi connectivity index (χ1v) is 9.76. The van der Waals surface area contributed by atoms with Gasteiger partial charge < -0.3 is 15.2 Å². The van der Waals surface area contributed by atoms with E-state index in [0.717, 1.165) is 11.1 Å². The van der Waals surface area contributed by atoms with Gasteiger partial charge in [0.1, 0.15) is 18.0 Å². The van der Waals surface area contributed by atoms with Gasteiger partial charge >= 0.3 is 5.97 Å². The van der Waals surface area contributed by atoms with E-state index in [1.165, 1.54) is 30.7 Å². The summed E-state index contributed by atoms with van der Waals surface area (Å²) in [5.74, 6) is -0.966. The number of hydrogen-bond acceptors (Lipinski definition) is 6. The molecule has 0 unspecified atom stereocenters. The summed E-state index contributed by atoms with van der Waals surface area (Å²) in [6.45, 7) is 2.09. The van der Waals surface area contributed by atoms with Gasteiger partial charge in [0, 0.05) is 12.4 Å². The summed E-state index contributed by atoms with van der Waals surface area (Å²) in [6, 6.07) is 15.7. The maximum absolute atomic E-state index is 14.4. The fourth-order valence-electron chi connectivity index (χ4n) is 3.04. The number of carboxylic acids is 1. The third kappa shape index (κ3) is 4.70. The molecule has 0 saturated carbocycles. The minimum atomic E-state index is -1.15. The van der Waals surface area contributed by atoms with Crippen LogP contribution in [0, 0.1) is 12.7 Å². The molecule has 0 bridgehead atoms. The van der Waals surface area contributed by atoms with Gasteiger partial charge in [-0.1, -0.05) is 42.0 Å². The number of nitrogens with one attached hydrogen (secondary N) is 1. The predicted octanol–water partition coefficient (Wildman–Crippen LogP) is 5.01. The van der Waals surface area contributed by atoms with Crippen molar-refractivity contribution in [1.29, 1.82) is 0 Å². The number of aryl methyl sites for hydroxylation is 1. The topological polar surface area (TPSA) is 97.2 Å². The van der Waals surface area contributed by atoms with Gasteiger partial charge in [0.05, 0.1) is 17.4 Å². The molecule has 32 heavy (non-hydrogen) atoms. The summed E-state index contributed by atoms with van der Waals surface area (Å²) in [5, 5.41) is 12.5. The van der Waals surface area contributed by atoms with Crippen LogP contribution in [0.2, 0.25) is 0 Å². The zero-order valence-electron chi connectivity index (χ0n) is 17.1. The van der Waals surface area contributed by atoms with Crippen molar-refractivity contribution < 1.29 is 19.0 Å². The van der Waals surface area contributed by atoms with Crippen LogP contribution in [0.3, 0.4) is 0 Å². The van der Waals surface area contributed by atoms with Crippen molar-refractivity contribution in [3.05, 3.63) is 95.7 Å². The number of nitrogens with zero attached hydrogens (tertiary/aromatic N) is 3. The third-order valence-corrected chi connectivity index (χ3v) is 4.66. The van der Waals surface area contributed by atoms with Gasteiger partial charge in [-0.05, 0) is 30.7 Å². The summed E-state index contributed by atoms with van der Waals surface area (Å²) in [6.07, 6.45) is 4.14. The number of hydrogen-bond donors (Lipinski definition) is 2. The van der Waals surface area contributed by atoms with Crippen LogP contribution in [-0.2, 0) is 6.61 Å². The van der Waals surface area contributed by atoms with Crippen molar-refractivity contribution in [2.45, 2.75) is 13.5 Å². The number of carboxylic acid groups (broad SMARTS) is 1. The Kier molecular flexibility index (Phi) is 6.03. The van der Waals surface area contributed by atoms with E-state index in [-0.39, 0.29) is 35.1 Å². The highest BCUT2D eigenvalue weighted by Gasteiger charge is 2.17. The third-order valence-electron chi connectivity index (χ3n) is 4.66. The fraction of sp³-hybridized carbons (Fsp3) is 0.0833. The first-order chi connectivity index (χ1) is 15.5. The molecule has 7 nitrogen and oxygen atoms in total. The summed E-state index contributed by atoms with van der Waals surface area (Å²) in [4.78, 5) is 24.2. The average Bonchev–Trinajstić information content (AvgIpc) is 2.80. The van der Waals surface area contributed by atoms with E-state index in [1.54, 1.807) is 12.1 Å². The van der Waals surface area contributed by atoms with E-state index < -0.39 is 11.8 Å². The van der Waals surface area contributed by atoms with Gasteiger partial charge in [0.25, 0.3) is 0 Å². The van der Waals surface area contributed by atoms with Crippen molar-refractivity contribution in [2.24, 2.45) is 0 Å². The quantitative estimate of drug-likeness (QED) is 0.425. The van der Waals surface area contributed by atoms with Crippen molar-refractivity contribution >= 4 is 17.5 Å². The Morgan fingerprint density at radius 2 is 1.94 bits per heavy atom. The van der Waals surface area contributed by atoms with Gasteiger partial charge in [-0.2, -0.15) is 0 Å². The molecule has 0 radical (unpaired) electrons. The molecule has 0 amide bonds. The Labute approximate surface area is 183 Å². The molecule has 0 spiro atoms. The number of carbonyl (C=O) groups is 1. The molecule has 160 valence electrons. The highest BCUT2D eigenvalue weighted by Crippen LogP contribution is 2.30. The lowest BCUT2D eigenvalue weighted by Crippen LogP contribution is -2.07. The molecule has 0 aliphatic carbocycles. The van der Waals surface area contributed by atoms with E-state index in [0.29, 0.717) is 5.75 Å². The Hall–Kier alpha value is -4.33. The first-order valence-electron chi connectivity index (χ1n) is 9.76. The Bertz CT molecular complexity index is 1270. The standard InChI is InChI=1S/C24H19FN4O3/c1-15-7-8-19(25)17(11-15)22-27-13-21(32-14-16-5-3-2-4-6-16)23(29-22)28-20-9-10-26-12-18(20)24(30)31/h2-13H,14H2,1H3,(H,30,31)(H,26,27,28,29). The maximum atomic E-state index is 14.4. The van der Waals surface area contributed by atoms with Crippen LogP contribution in [0.4, 0.5) is 15.9 Å². The molecule has 2 aromatic carbocycles. The van der Waals surface area contributed by atoms with Crippen LogP contribution in [0.1, 0.15) is 21.5 Å². The van der Waals surface area contributed by atoms with Crippen LogP contribution in [0.15, 0.2) is 73.2 Å². The van der Waals surface area contributed by atoms with Crippen LogP contribution in [-0.4, -0.2) is 26.0 Å². The minimum Gasteiger partial charge on any atom is -0.483 e. The molecular formula is C24H19FN4O3. The molecule has 0 saturated heterocycles. The lowest BCUT2D eigenvalue weighted by Gasteiger charge is -2.15. The molecule has 0 fully saturated rings. The summed E-state index contributed by atoms with van der Waals surface area (Å²) >= 11 is 0. The largest absolute Gasteiger partial charge is 0.483 e. The molecule has 4 aromatic rings. The number of anilines is 2. The molecule has 2 N–H and O–H groups in total. The Morgan fingerprint density at radius 1 is 1.12 bits per heavy atom. The van der Waals surface area contributed by atoms with Gasteiger partial charge in [0.15, 0.2) is 17.4 Å². The monoisotopic (exact) mass is 430 g/mol. The van der Waals surface area contributed by atoms with Crippen LogP contribution in [0.25, 0.3) is 11.4 Å². The zero-order chi connectivity index (χ0) is 22.5. The number of ether oxygens (including phenoxy) is 1. The predicted molar refractivity (Wildman–Crippen MR) is 117 cm³/mol. The van der Waals surface area contributed by atoms with Crippen molar-refractivity contribution in [3.8, 4) is 17.1 Å². The molecule has 0 atom stereocenters. The molecule has 2 heterocycles. The highest BCUT2D eigenvalue weighted by atomic mass is 19.1. The Morgan fingerprint density at radius 3 is 2.72 bits per heavy atom.